The Morgan fingerprint density at radius 3 is 2.44 bits per heavy atom. The molecule has 0 radical (unpaired) electrons. The first-order chi connectivity index (χ1) is 16.2. The Kier molecular flexibility index (Phi) is 8.93. The molecule has 1 aromatic heterocycles. The number of carbonyl (C=O) groups excluding carboxylic acids is 1. The van der Waals surface area contributed by atoms with Crippen molar-refractivity contribution in [1.29, 1.82) is 0 Å². The minimum atomic E-state index is -3.59. The molecular weight excluding hydrogens is 470 g/mol. The zero-order chi connectivity index (χ0) is 24.7. The molecule has 0 atom stereocenters. The molecular formula is C25H33N3O4S2. The van der Waals surface area contributed by atoms with Crippen LogP contribution < -0.4 is 15.4 Å². The van der Waals surface area contributed by atoms with Gasteiger partial charge in [0.05, 0.1) is 17.6 Å². The molecule has 0 amide bonds. The lowest BCUT2D eigenvalue weighted by molar-refractivity contribution is 0.0602. The third kappa shape index (κ3) is 6.28. The lowest BCUT2D eigenvalue weighted by atomic mass is 10.1. The third-order valence-corrected chi connectivity index (χ3v) is 8.28. The number of rotatable bonds is 12. The number of aryl methyl sites for hydroxylation is 1. The molecule has 34 heavy (non-hydrogen) atoms. The molecule has 0 spiro atoms. The highest BCUT2D eigenvalue weighted by atomic mass is 32.2. The Morgan fingerprint density at radius 1 is 1.03 bits per heavy atom. The minimum absolute atomic E-state index is 0.315. The number of esters is 1. The number of nitrogen functional groups attached to an aromatic ring is 1. The van der Waals surface area contributed by atoms with Gasteiger partial charge in [-0.25, -0.2) is 17.9 Å². The first-order valence-electron chi connectivity index (χ1n) is 11.4. The van der Waals surface area contributed by atoms with Crippen LogP contribution in [0.4, 0.5) is 10.7 Å². The average molecular weight is 504 g/mol. The molecule has 0 aliphatic rings. The lowest BCUT2D eigenvalue weighted by Crippen LogP contribution is -2.25. The number of nitrogens with two attached hydrogens (primary N) is 1. The van der Waals surface area contributed by atoms with Crippen LogP contribution in [0.25, 0.3) is 10.8 Å². The zero-order valence-corrected chi connectivity index (χ0v) is 21.6. The fourth-order valence-corrected chi connectivity index (χ4v) is 6.23. The van der Waals surface area contributed by atoms with Gasteiger partial charge in [0.15, 0.2) is 0 Å². The molecule has 3 rings (SSSR count). The second kappa shape index (κ2) is 11.7. The summed E-state index contributed by atoms with van der Waals surface area (Å²) >= 11 is 1.43. The first-order valence-corrected chi connectivity index (χ1v) is 13.7. The van der Waals surface area contributed by atoms with Gasteiger partial charge < -0.3 is 15.4 Å². The van der Waals surface area contributed by atoms with Crippen LogP contribution in [0.3, 0.4) is 0 Å². The molecule has 1 heterocycles. The maximum atomic E-state index is 13.0. The summed E-state index contributed by atoms with van der Waals surface area (Å²) in [5, 5.41) is 2.14. The number of carbonyl (C=O) groups is 1. The monoisotopic (exact) mass is 503 g/mol. The molecule has 0 aliphatic heterocycles. The second-order valence-corrected chi connectivity index (χ2v) is 11.3. The van der Waals surface area contributed by atoms with Gasteiger partial charge in [0, 0.05) is 42.0 Å². The van der Waals surface area contributed by atoms with Crippen molar-refractivity contribution < 1.29 is 17.9 Å². The molecule has 2 aromatic carbocycles. The van der Waals surface area contributed by atoms with Gasteiger partial charge in [0.2, 0.25) is 10.0 Å². The van der Waals surface area contributed by atoms with E-state index in [0.717, 1.165) is 59.9 Å². The molecule has 7 nitrogen and oxygen atoms in total. The number of hydrogen-bond acceptors (Lipinski definition) is 7. The number of nitrogens with one attached hydrogen (secondary N) is 1. The van der Waals surface area contributed by atoms with Gasteiger partial charge in [-0.15, -0.1) is 11.3 Å². The van der Waals surface area contributed by atoms with Crippen LogP contribution in [0, 0.1) is 0 Å². The van der Waals surface area contributed by atoms with E-state index in [-0.39, 0.29) is 0 Å². The van der Waals surface area contributed by atoms with Crippen LogP contribution in [0.1, 0.15) is 47.3 Å². The van der Waals surface area contributed by atoms with E-state index in [1.54, 1.807) is 12.1 Å². The summed E-state index contributed by atoms with van der Waals surface area (Å²) in [5.74, 6) is -0.399. The summed E-state index contributed by atoms with van der Waals surface area (Å²) in [4.78, 5) is 15.0. The van der Waals surface area contributed by atoms with Crippen LogP contribution in [0.2, 0.25) is 0 Å². The summed E-state index contributed by atoms with van der Waals surface area (Å²) in [5.41, 5.74) is 7.32. The molecule has 3 N–H and O–H groups in total. The van der Waals surface area contributed by atoms with E-state index >= 15 is 0 Å². The van der Waals surface area contributed by atoms with Crippen LogP contribution in [0.5, 0.6) is 0 Å². The minimum Gasteiger partial charge on any atom is -0.465 e. The fourth-order valence-electron chi connectivity index (χ4n) is 3.98. The van der Waals surface area contributed by atoms with E-state index in [1.807, 2.05) is 49.3 Å². The largest absolute Gasteiger partial charge is 0.465 e. The predicted octanol–water partition coefficient (Wildman–Crippen LogP) is 4.81. The molecule has 0 saturated heterocycles. The van der Waals surface area contributed by atoms with E-state index in [1.165, 1.54) is 18.4 Å². The van der Waals surface area contributed by atoms with Gasteiger partial charge in [0.1, 0.15) is 5.00 Å². The van der Waals surface area contributed by atoms with Crippen molar-refractivity contribution in [3.8, 4) is 0 Å². The van der Waals surface area contributed by atoms with E-state index in [9.17, 15) is 13.2 Å². The average Bonchev–Trinajstić information content (AvgIpc) is 3.19. The number of unbranched alkanes of at least 4 members (excludes halogenated alkanes) is 4. The van der Waals surface area contributed by atoms with Crippen molar-refractivity contribution in [2.45, 2.75) is 43.4 Å². The number of benzene rings is 2. The highest BCUT2D eigenvalue weighted by Crippen LogP contribution is 2.30. The number of nitrogens with zero attached hydrogens (tertiary/aromatic N) is 1. The molecule has 0 unspecified atom stereocenters. The smallest absolute Gasteiger partial charge is 0.340 e. The number of anilines is 2. The quantitative estimate of drug-likeness (QED) is 0.272. The van der Waals surface area contributed by atoms with E-state index < -0.39 is 16.0 Å². The molecule has 0 saturated carbocycles. The van der Waals surface area contributed by atoms with E-state index in [2.05, 4.69) is 4.72 Å². The third-order valence-electron chi connectivity index (χ3n) is 5.74. The molecule has 0 bridgehead atoms. The van der Waals surface area contributed by atoms with Crippen LogP contribution >= 0.6 is 11.3 Å². The van der Waals surface area contributed by atoms with Gasteiger partial charge in [-0.05, 0) is 37.5 Å². The molecule has 184 valence electrons. The van der Waals surface area contributed by atoms with Crippen molar-refractivity contribution in [3.63, 3.8) is 0 Å². The summed E-state index contributed by atoms with van der Waals surface area (Å²) in [6.07, 6.45) is 5.65. The van der Waals surface area contributed by atoms with Gasteiger partial charge in [-0.1, -0.05) is 43.5 Å². The van der Waals surface area contributed by atoms with Gasteiger partial charge in [0.25, 0.3) is 0 Å². The van der Waals surface area contributed by atoms with Crippen molar-refractivity contribution in [3.05, 3.63) is 52.9 Å². The van der Waals surface area contributed by atoms with Gasteiger partial charge in [-0.3, -0.25) is 0 Å². The maximum absolute atomic E-state index is 13.0. The Bertz CT molecular complexity index is 1240. The summed E-state index contributed by atoms with van der Waals surface area (Å²) < 4.78 is 33.4. The van der Waals surface area contributed by atoms with Gasteiger partial charge in [-0.2, -0.15) is 0 Å². The molecule has 9 heteroatoms. The number of hydrogen-bond donors (Lipinski definition) is 2. The number of methoxy groups -OCH3 is 1. The summed E-state index contributed by atoms with van der Waals surface area (Å²) in [6, 6.07) is 12.9. The normalized spacial score (nSPS) is 11.6. The number of fused-ring (bicyclic) bond motifs is 1. The Balaban J connectivity index is 1.44. The zero-order valence-electron chi connectivity index (χ0n) is 20.0. The highest BCUT2D eigenvalue weighted by molar-refractivity contribution is 7.89. The van der Waals surface area contributed by atoms with Crippen molar-refractivity contribution in [1.82, 2.24) is 4.72 Å². The van der Waals surface area contributed by atoms with Crippen LogP contribution in [0.15, 0.2) is 47.4 Å². The molecule has 0 fully saturated rings. The van der Waals surface area contributed by atoms with E-state index in [0.29, 0.717) is 22.0 Å². The van der Waals surface area contributed by atoms with Crippen LogP contribution in [-0.2, 0) is 21.2 Å². The standard InChI is InChI=1S/C25H33N3O4S2/c1-28(2)22-14-9-13-20-19(22)12-10-15-23(20)34(30,31)27-16-8-6-4-5-7-11-18-17-21(24(26)33-18)25(29)32-3/h9-10,12-15,17,27H,4-8,11,16,26H2,1-3H3. The highest BCUT2D eigenvalue weighted by Gasteiger charge is 2.18. The topological polar surface area (TPSA) is 102 Å². The van der Waals surface area contributed by atoms with Crippen molar-refractivity contribution in [2.75, 3.05) is 38.4 Å². The molecule has 3 aromatic rings. The van der Waals surface area contributed by atoms with Gasteiger partial charge >= 0.3 is 5.97 Å². The van der Waals surface area contributed by atoms with Crippen LogP contribution in [-0.4, -0.2) is 42.1 Å². The number of sulfonamides is 1. The summed E-state index contributed by atoms with van der Waals surface area (Å²) in [6.45, 7) is 0.413. The number of ether oxygens (including phenoxy) is 1. The lowest BCUT2D eigenvalue weighted by Gasteiger charge is -2.17. The number of thiophene rings is 1. The van der Waals surface area contributed by atoms with E-state index in [4.69, 9.17) is 10.5 Å². The summed E-state index contributed by atoms with van der Waals surface area (Å²) in [7, 11) is 1.65. The second-order valence-electron chi connectivity index (χ2n) is 8.42. The maximum Gasteiger partial charge on any atom is 0.340 e. The Hall–Kier alpha value is -2.62. The predicted molar refractivity (Wildman–Crippen MR) is 140 cm³/mol. The van der Waals surface area contributed by atoms with Crippen molar-refractivity contribution >= 4 is 48.8 Å². The van der Waals surface area contributed by atoms with Crippen molar-refractivity contribution in [2.24, 2.45) is 0 Å². The fraction of sp³-hybridized carbons (Fsp3) is 0.400. The Morgan fingerprint density at radius 2 is 1.71 bits per heavy atom. The molecule has 0 aliphatic carbocycles. The first kappa shape index (κ1) is 26.0. The Labute approximate surface area is 206 Å². The SMILES string of the molecule is COC(=O)c1cc(CCCCCCCNS(=O)(=O)c2cccc3c(N(C)C)cccc23)sc1N.